The maximum absolute atomic E-state index is 2.39. The summed E-state index contributed by atoms with van der Waals surface area (Å²) in [6, 6.07) is 171. The zero-order valence-electron chi connectivity index (χ0n) is 69.4. The molecule has 0 unspecified atom stereocenters. The fraction of sp³-hybridized carbons (Fsp3) is 0.0159. The van der Waals surface area contributed by atoms with Gasteiger partial charge >= 0.3 is 0 Å². The zero-order chi connectivity index (χ0) is 83.1. The third-order valence-corrected chi connectivity index (χ3v) is 26.9. The minimum absolute atomic E-state index is 1.03. The first kappa shape index (κ1) is 73.8. The summed E-state index contributed by atoms with van der Waals surface area (Å²) in [6.07, 6.45) is 2.08. The van der Waals surface area contributed by atoms with Crippen LogP contribution in [0.25, 0.3) is 227 Å². The van der Waals surface area contributed by atoms with E-state index in [1.54, 1.807) is 0 Å². The van der Waals surface area contributed by atoms with E-state index in [1.807, 2.05) is 0 Å². The van der Waals surface area contributed by atoms with Crippen LogP contribution in [0.5, 0.6) is 0 Å². The predicted octanol–water partition coefficient (Wildman–Crippen LogP) is 35.2. The molecule has 0 fully saturated rings. The summed E-state index contributed by atoms with van der Waals surface area (Å²) in [6.45, 7) is 0. The molecule has 0 radical (unpaired) electrons. The maximum atomic E-state index is 2.39. The fourth-order valence-corrected chi connectivity index (χ4v) is 21.4. The number of benzene rings is 27. The highest BCUT2D eigenvalue weighted by Gasteiger charge is 2.27. The van der Waals surface area contributed by atoms with E-state index in [0.717, 1.165) is 12.8 Å². The van der Waals surface area contributed by atoms with Gasteiger partial charge in [0.2, 0.25) is 0 Å². The Balaban J connectivity index is 0.0000000854. The highest BCUT2D eigenvalue weighted by atomic mass is 14.3. The number of fused-ring (bicyclic) bond motifs is 45. The van der Waals surface area contributed by atoms with Crippen LogP contribution in [-0.4, -0.2) is 0 Å². The molecule has 0 saturated carbocycles. The topological polar surface area (TPSA) is 0 Å². The molecule has 0 bridgehead atoms. The molecule has 0 spiro atoms. The molecule has 0 aliphatic heterocycles. The van der Waals surface area contributed by atoms with Crippen LogP contribution in [0.2, 0.25) is 0 Å². The first-order valence-corrected chi connectivity index (χ1v) is 44.0. The summed E-state index contributed by atoms with van der Waals surface area (Å²) in [4.78, 5) is 0. The van der Waals surface area contributed by atoms with Crippen molar-refractivity contribution in [1.82, 2.24) is 0 Å². The van der Waals surface area contributed by atoms with Crippen LogP contribution in [0.3, 0.4) is 0 Å². The van der Waals surface area contributed by atoms with E-state index in [4.69, 9.17) is 0 Å². The molecule has 0 N–H and O–H groups in total. The monoisotopic (exact) mass is 1590 g/mol. The van der Waals surface area contributed by atoms with E-state index in [-0.39, 0.29) is 0 Å². The van der Waals surface area contributed by atoms with Crippen molar-refractivity contribution < 1.29 is 0 Å². The van der Waals surface area contributed by atoms with Crippen molar-refractivity contribution in [3.8, 4) is 22.3 Å². The van der Waals surface area contributed by atoms with Crippen LogP contribution >= 0.6 is 0 Å². The number of hydrogen-bond acceptors (Lipinski definition) is 0. The van der Waals surface area contributed by atoms with Gasteiger partial charge in [0, 0.05) is 0 Å². The lowest BCUT2D eigenvalue weighted by Gasteiger charge is -2.16. The Hall–Kier alpha value is -16.1. The SMILES string of the molecule is c1ccc2c(c1)Cc1c-2c2ccccc2c2ccccc12.c1ccc2c(c1)c1ccccc1c1c3ccccc3c3ccccc3c21.c1ccc2c(c1)c1ccccc1c1ccccc21.c1ccc2c(c1)ccc1c3ccccc3c3ccccc3c21.c1ccc2c(c1)ccc1ccccc12.c1ccc2cc3c(cc2c1)Cc1c-3c2ccccc2c2ccccc12. The van der Waals surface area contributed by atoms with Gasteiger partial charge < -0.3 is 0 Å². The summed E-state index contributed by atoms with van der Waals surface area (Å²) < 4.78 is 0. The van der Waals surface area contributed by atoms with Crippen LogP contribution in [-0.2, 0) is 12.8 Å². The summed E-state index contributed by atoms with van der Waals surface area (Å²) in [5, 5.41) is 51.1. The maximum Gasteiger partial charge on any atom is -0.000683 e. The smallest absolute Gasteiger partial charge is 0.000683 e. The second-order valence-electron chi connectivity index (χ2n) is 33.6. The lowest BCUT2D eigenvalue weighted by molar-refractivity contribution is 1.29. The van der Waals surface area contributed by atoms with E-state index < -0.39 is 0 Å². The first-order chi connectivity index (χ1) is 62.6. The Labute approximate surface area is 730 Å². The molecule has 0 heteroatoms. The second kappa shape index (κ2) is 31.1. The third kappa shape index (κ3) is 12.4. The lowest BCUT2D eigenvalue weighted by Crippen LogP contribution is -1.87. The van der Waals surface area contributed by atoms with Crippen LogP contribution in [0.15, 0.2) is 473 Å². The van der Waals surface area contributed by atoms with E-state index in [2.05, 4.69) is 473 Å². The van der Waals surface area contributed by atoms with Gasteiger partial charge in [-0.2, -0.15) is 0 Å². The molecule has 0 saturated heterocycles. The lowest BCUT2D eigenvalue weighted by atomic mass is 9.87. The Morgan fingerprint density at radius 3 is 0.675 bits per heavy atom. The molecule has 126 heavy (non-hydrogen) atoms. The molecule has 2 aliphatic carbocycles. The minimum Gasteiger partial charge on any atom is -0.0619 e. The van der Waals surface area contributed by atoms with Crippen molar-refractivity contribution in [2.24, 2.45) is 0 Å². The second-order valence-corrected chi connectivity index (χ2v) is 33.6. The van der Waals surface area contributed by atoms with Crippen LogP contribution < -0.4 is 0 Å². The van der Waals surface area contributed by atoms with Gasteiger partial charge in [0.05, 0.1) is 0 Å². The summed E-state index contributed by atoms with van der Waals surface area (Å²) in [5.74, 6) is 0. The summed E-state index contributed by atoms with van der Waals surface area (Å²) in [5.41, 5.74) is 11.6. The van der Waals surface area contributed by atoms with Gasteiger partial charge in [-0.15, -0.1) is 0 Å². The van der Waals surface area contributed by atoms with Gasteiger partial charge in [0.15, 0.2) is 0 Å². The Kier molecular flexibility index (Phi) is 18.2. The largest absolute Gasteiger partial charge is 0.0619 e. The van der Waals surface area contributed by atoms with Crippen molar-refractivity contribution in [2.75, 3.05) is 0 Å². The van der Waals surface area contributed by atoms with E-state index in [0.29, 0.717) is 0 Å². The van der Waals surface area contributed by atoms with Crippen molar-refractivity contribution >= 4 is 205 Å². The zero-order valence-corrected chi connectivity index (χ0v) is 69.4. The Morgan fingerprint density at radius 1 is 0.111 bits per heavy atom. The molecule has 27 aromatic carbocycles. The molecule has 586 valence electrons. The van der Waals surface area contributed by atoms with Crippen molar-refractivity contribution in [2.45, 2.75) is 12.8 Å². The molecular weight excluding hydrogens is 1510 g/mol. The molecular formula is C126H82. The number of hydrogen-bond donors (Lipinski definition) is 0. The molecule has 0 aromatic heterocycles. The fourth-order valence-electron chi connectivity index (χ4n) is 21.4. The van der Waals surface area contributed by atoms with Gasteiger partial charge in [0.1, 0.15) is 0 Å². The van der Waals surface area contributed by atoms with E-state index in [9.17, 15) is 0 Å². The van der Waals surface area contributed by atoms with Gasteiger partial charge in [-0.25, -0.2) is 0 Å². The molecule has 29 rings (SSSR count). The van der Waals surface area contributed by atoms with Crippen molar-refractivity contribution in [3.63, 3.8) is 0 Å². The quantitative estimate of drug-likeness (QED) is 0.133. The standard InChI is InChI=1S/C26H16.C25H16.C22H14.C21H14.C18H12.C14H10/c1-5-13-21-17(9-1)18-10-2-6-14-22(18)26-24-16-8-4-12-20(24)19-11-3-7-15-23(19)25(21)26;1-2-8-17-14-23-18(13-16(17)7-1)15-24-21-11-4-3-9-19(21)20-10-5-6-12-22(20)25(23)24;1-2-8-16-15(7-1)13-14-21-19-11-4-3-9-17(19)18-10-5-6-12-20(18)22(16)21;1-2-8-15-14(7-1)13-20-18-11-4-3-9-16(18)17-10-5-6-12-19(17)21(15)20;1-2-8-14-13(7-1)15-9-3-4-11-17(15)18-12-6-5-10-16(14)18;1-3-7-13-11(5-1)9-10-12-6-2-4-8-14(12)13/h1-16H;1-14H,15H2;1-14H;1-12H,13H2;1-12H;1-10H. The van der Waals surface area contributed by atoms with Gasteiger partial charge in [-0.3, -0.25) is 0 Å². The molecule has 2 aliphatic rings. The summed E-state index contributed by atoms with van der Waals surface area (Å²) >= 11 is 0. The normalized spacial score (nSPS) is 11.9. The van der Waals surface area contributed by atoms with Crippen molar-refractivity contribution in [3.05, 3.63) is 495 Å². The average Bonchev–Trinajstić information content (AvgIpc) is 1.18. The highest BCUT2D eigenvalue weighted by Crippen LogP contribution is 2.50. The van der Waals surface area contributed by atoms with Crippen LogP contribution in [0.1, 0.15) is 22.3 Å². The van der Waals surface area contributed by atoms with Crippen LogP contribution in [0.4, 0.5) is 0 Å². The van der Waals surface area contributed by atoms with Gasteiger partial charge in [-0.1, -0.05) is 467 Å². The molecule has 27 aromatic rings. The molecule has 0 nitrogen and oxygen atoms in total. The third-order valence-electron chi connectivity index (χ3n) is 26.9. The Morgan fingerprint density at radius 2 is 0.317 bits per heavy atom. The Bertz CT molecular complexity index is 8580. The summed E-state index contributed by atoms with van der Waals surface area (Å²) in [7, 11) is 0. The molecule has 0 heterocycles. The van der Waals surface area contributed by atoms with Gasteiger partial charge in [-0.05, 0) is 268 Å². The first-order valence-electron chi connectivity index (χ1n) is 44.0. The predicted molar refractivity (Wildman–Crippen MR) is 548 cm³/mol. The number of rotatable bonds is 0. The van der Waals surface area contributed by atoms with Gasteiger partial charge in [0.25, 0.3) is 0 Å². The van der Waals surface area contributed by atoms with E-state index >= 15 is 0 Å². The molecule has 0 atom stereocenters. The average molecular weight is 1600 g/mol. The van der Waals surface area contributed by atoms with Crippen molar-refractivity contribution in [1.29, 1.82) is 0 Å². The highest BCUT2D eigenvalue weighted by molar-refractivity contribution is 6.40. The van der Waals surface area contributed by atoms with E-state index in [1.165, 1.54) is 249 Å². The minimum atomic E-state index is 1.03. The molecule has 0 amide bonds. The van der Waals surface area contributed by atoms with Crippen LogP contribution in [0, 0.1) is 0 Å².